The van der Waals surface area contributed by atoms with Gasteiger partial charge in [0.05, 0.1) is 0 Å². The summed E-state index contributed by atoms with van der Waals surface area (Å²) in [5.41, 5.74) is 13.5. The fourth-order valence-electron chi connectivity index (χ4n) is 1.40. The predicted octanol–water partition coefficient (Wildman–Crippen LogP) is 3.48. The number of rotatable bonds is 3. The Balaban J connectivity index is 0. The topological polar surface area (TPSA) is 72.3 Å². The minimum atomic E-state index is 0.273. The molecule has 0 aromatic heterocycles. The van der Waals surface area contributed by atoms with E-state index in [2.05, 4.69) is 12.7 Å². The van der Waals surface area contributed by atoms with Crippen molar-refractivity contribution in [1.82, 2.24) is 0 Å². The van der Waals surface area contributed by atoms with Gasteiger partial charge in [-0.05, 0) is 55.8 Å². The maximum atomic E-state index is 9.12. The fraction of sp³-hybridized carbons (Fsp3) is 0.467. The number of hydrogen-bond donors (Lipinski definition) is 3. The zero-order valence-electron chi connectivity index (χ0n) is 12.3. The number of phenolic OH excluding ortho intramolecular Hbond substituents is 1. The SMILES string of the molecule is CC.CCC/C(C)=C(\N)c1ccc(O)cc1.CN. The first-order valence-corrected chi connectivity index (χ1v) is 6.47. The molecule has 18 heavy (non-hydrogen) atoms. The lowest BCUT2D eigenvalue weighted by Gasteiger charge is -2.06. The van der Waals surface area contributed by atoms with Crippen LogP contribution in [0.4, 0.5) is 0 Å². The highest BCUT2D eigenvalue weighted by molar-refractivity contribution is 5.65. The Morgan fingerprint density at radius 3 is 1.94 bits per heavy atom. The summed E-state index contributed by atoms with van der Waals surface area (Å²) < 4.78 is 0. The lowest BCUT2D eigenvalue weighted by atomic mass is 10.0. The summed E-state index contributed by atoms with van der Waals surface area (Å²) in [7, 11) is 1.50. The maximum Gasteiger partial charge on any atom is 0.115 e. The van der Waals surface area contributed by atoms with Gasteiger partial charge in [0.2, 0.25) is 0 Å². The molecule has 0 aliphatic carbocycles. The molecule has 3 nitrogen and oxygen atoms in total. The summed E-state index contributed by atoms with van der Waals surface area (Å²) in [6.07, 6.45) is 2.12. The molecular formula is C15H28N2O. The van der Waals surface area contributed by atoms with Gasteiger partial charge in [-0.1, -0.05) is 27.2 Å². The minimum absolute atomic E-state index is 0.273. The summed E-state index contributed by atoms with van der Waals surface area (Å²) in [5.74, 6) is 0.273. The van der Waals surface area contributed by atoms with Crippen LogP contribution in [0.25, 0.3) is 5.70 Å². The summed E-state index contributed by atoms with van der Waals surface area (Å²) in [6.45, 7) is 8.18. The van der Waals surface area contributed by atoms with Gasteiger partial charge < -0.3 is 16.6 Å². The van der Waals surface area contributed by atoms with Gasteiger partial charge >= 0.3 is 0 Å². The number of aromatic hydroxyl groups is 1. The van der Waals surface area contributed by atoms with Crippen molar-refractivity contribution in [2.24, 2.45) is 11.5 Å². The largest absolute Gasteiger partial charge is 0.508 e. The third kappa shape index (κ3) is 6.97. The van der Waals surface area contributed by atoms with Crippen LogP contribution in [0.3, 0.4) is 0 Å². The van der Waals surface area contributed by atoms with E-state index >= 15 is 0 Å². The Kier molecular flexibility index (Phi) is 12.6. The quantitative estimate of drug-likeness (QED) is 0.771. The average molecular weight is 252 g/mol. The number of hydrogen-bond acceptors (Lipinski definition) is 3. The van der Waals surface area contributed by atoms with Crippen LogP contribution in [-0.4, -0.2) is 12.2 Å². The minimum Gasteiger partial charge on any atom is -0.508 e. The van der Waals surface area contributed by atoms with Crippen LogP contribution in [0.5, 0.6) is 5.75 Å². The van der Waals surface area contributed by atoms with E-state index in [4.69, 9.17) is 10.8 Å². The fourth-order valence-corrected chi connectivity index (χ4v) is 1.40. The Morgan fingerprint density at radius 2 is 1.56 bits per heavy atom. The summed E-state index contributed by atoms with van der Waals surface area (Å²) >= 11 is 0. The molecule has 0 aliphatic heterocycles. The van der Waals surface area contributed by atoms with Crippen LogP contribution in [0.2, 0.25) is 0 Å². The standard InChI is InChI=1S/C12H17NO.C2H6.CH5N/c1-3-4-9(2)12(13)10-5-7-11(14)8-6-10;2*1-2/h5-8,14H,3-4,13H2,1-2H3;1-2H3;2H2,1H3/b12-9-;;. The summed E-state index contributed by atoms with van der Waals surface area (Å²) in [5, 5.41) is 9.12. The van der Waals surface area contributed by atoms with Crippen molar-refractivity contribution >= 4 is 5.70 Å². The Bertz CT molecular complexity index is 329. The summed E-state index contributed by atoms with van der Waals surface area (Å²) in [4.78, 5) is 0. The van der Waals surface area contributed by atoms with Crippen molar-refractivity contribution in [1.29, 1.82) is 0 Å². The average Bonchev–Trinajstić information content (AvgIpc) is 2.43. The van der Waals surface area contributed by atoms with Crippen LogP contribution in [0.15, 0.2) is 29.8 Å². The van der Waals surface area contributed by atoms with Gasteiger partial charge in [-0.3, -0.25) is 0 Å². The van der Waals surface area contributed by atoms with E-state index in [1.165, 1.54) is 12.6 Å². The maximum absolute atomic E-state index is 9.12. The number of phenols is 1. The highest BCUT2D eigenvalue weighted by Gasteiger charge is 2.00. The smallest absolute Gasteiger partial charge is 0.115 e. The normalized spacial score (nSPS) is 10.3. The van der Waals surface area contributed by atoms with Gasteiger partial charge in [0.25, 0.3) is 0 Å². The second-order valence-electron chi connectivity index (χ2n) is 3.49. The molecule has 0 aliphatic rings. The zero-order valence-corrected chi connectivity index (χ0v) is 12.3. The third-order valence-corrected chi connectivity index (χ3v) is 2.26. The van der Waals surface area contributed by atoms with Crippen molar-refractivity contribution in [3.05, 3.63) is 35.4 Å². The van der Waals surface area contributed by atoms with Gasteiger partial charge in [0.15, 0.2) is 0 Å². The summed E-state index contributed by atoms with van der Waals surface area (Å²) in [6, 6.07) is 6.98. The molecule has 3 heteroatoms. The van der Waals surface area contributed by atoms with Crippen molar-refractivity contribution in [3.8, 4) is 5.75 Å². The first-order valence-electron chi connectivity index (χ1n) is 6.47. The highest BCUT2D eigenvalue weighted by Crippen LogP contribution is 2.19. The van der Waals surface area contributed by atoms with Gasteiger partial charge in [0.1, 0.15) is 5.75 Å². The first-order chi connectivity index (χ1) is 8.65. The van der Waals surface area contributed by atoms with Crippen LogP contribution < -0.4 is 11.5 Å². The zero-order chi connectivity index (χ0) is 14.6. The third-order valence-electron chi connectivity index (χ3n) is 2.26. The monoisotopic (exact) mass is 252 g/mol. The van der Waals surface area contributed by atoms with Crippen LogP contribution in [-0.2, 0) is 0 Å². The van der Waals surface area contributed by atoms with E-state index in [0.717, 1.165) is 24.1 Å². The van der Waals surface area contributed by atoms with Crippen LogP contribution in [0, 0.1) is 0 Å². The molecule has 0 saturated heterocycles. The molecule has 0 amide bonds. The second-order valence-corrected chi connectivity index (χ2v) is 3.49. The van der Waals surface area contributed by atoms with E-state index in [-0.39, 0.29) is 5.75 Å². The number of nitrogens with two attached hydrogens (primary N) is 2. The molecule has 0 saturated carbocycles. The van der Waals surface area contributed by atoms with Crippen LogP contribution >= 0.6 is 0 Å². The van der Waals surface area contributed by atoms with Gasteiger partial charge in [-0.15, -0.1) is 0 Å². The predicted molar refractivity (Wildman–Crippen MR) is 81.3 cm³/mol. The molecule has 0 spiro atoms. The van der Waals surface area contributed by atoms with Crippen LogP contribution in [0.1, 0.15) is 46.1 Å². The lowest BCUT2D eigenvalue weighted by Crippen LogP contribution is -1.99. The van der Waals surface area contributed by atoms with Crippen molar-refractivity contribution in [2.75, 3.05) is 7.05 Å². The van der Waals surface area contributed by atoms with E-state index < -0.39 is 0 Å². The molecular weight excluding hydrogens is 224 g/mol. The van der Waals surface area contributed by atoms with E-state index in [1.807, 2.05) is 32.9 Å². The van der Waals surface area contributed by atoms with Gasteiger partial charge in [0, 0.05) is 5.70 Å². The van der Waals surface area contributed by atoms with Crippen molar-refractivity contribution < 1.29 is 5.11 Å². The molecule has 0 fully saturated rings. The number of allylic oxidation sites excluding steroid dienone is 1. The lowest BCUT2D eigenvalue weighted by molar-refractivity contribution is 0.475. The number of benzene rings is 1. The molecule has 5 N–H and O–H groups in total. The molecule has 0 bridgehead atoms. The molecule has 0 atom stereocenters. The van der Waals surface area contributed by atoms with E-state index in [9.17, 15) is 0 Å². The Hall–Kier alpha value is -1.48. The first kappa shape index (κ1) is 18.9. The molecule has 0 unspecified atom stereocenters. The van der Waals surface area contributed by atoms with Gasteiger partial charge in [-0.2, -0.15) is 0 Å². The molecule has 0 radical (unpaired) electrons. The van der Waals surface area contributed by atoms with Crippen molar-refractivity contribution in [2.45, 2.75) is 40.5 Å². The highest BCUT2D eigenvalue weighted by atomic mass is 16.3. The molecule has 104 valence electrons. The molecule has 1 aromatic carbocycles. The molecule has 1 rings (SSSR count). The second kappa shape index (κ2) is 12.0. The van der Waals surface area contributed by atoms with E-state index in [0.29, 0.717) is 0 Å². The Labute approximate surface area is 112 Å². The Morgan fingerprint density at radius 1 is 1.11 bits per heavy atom. The van der Waals surface area contributed by atoms with E-state index in [1.54, 1.807) is 12.1 Å². The van der Waals surface area contributed by atoms with Gasteiger partial charge in [-0.25, -0.2) is 0 Å². The molecule has 0 heterocycles. The van der Waals surface area contributed by atoms with Crippen molar-refractivity contribution in [3.63, 3.8) is 0 Å². The molecule has 1 aromatic rings.